The first-order chi connectivity index (χ1) is 12.6. The molecule has 1 aromatic rings. The topological polar surface area (TPSA) is 169 Å². The van der Waals surface area contributed by atoms with Gasteiger partial charge in [-0.05, 0) is 0 Å². The third kappa shape index (κ3) is 4.73. The Labute approximate surface area is 152 Å². The molecule has 1 fully saturated rings. The van der Waals surface area contributed by atoms with Crippen molar-refractivity contribution in [3.05, 3.63) is 26.9 Å². The number of carbonyl (C=O) groups excluding carboxylic acids is 3. The van der Waals surface area contributed by atoms with Crippen LogP contribution in [-0.4, -0.2) is 52.4 Å². The Morgan fingerprint density at radius 2 is 1.70 bits per heavy atom. The number of ether oxygens (including phenoxy) is 4. The molecule has 0 aliphatic carbocycles. The zero-order valence-corrected chi connectivity index (χ0v) is 14.8. The maximum Gasteiger partial charge on any atom is 0.332 e. The number of nitrogens with zero attached hydrogens (tertiary/aromatic N) is 1. The van der Waals surface area contributed by atoms with E-state index in [1.54, 1.807) is 0 Å². The van der Waals surface area contributed by atoms with E-state index in [1.165, 1.54) is 0 Å². The van der Waals surface area contributed by atoms with E-state index in [9.17, 15) is 24.0 Å². The maximum absolute atomic E-state index is 12.2. The van der Waals surface area contributed by atoms with Gasteiger partial charge in [-0.1, -0.05) is 0 Å². The van der Waals surface area contributed by atoms with E-state index < -0.39 is 53.7 Å². The third-order valence-corrected chi connectivity index (χ3v) is 3.58. The molecule has 4 atom stereocenters. The number of carbonyl (C=O) groups is 3. The second-order valence-corrected chi connectivity index (χ2v) is 5.75. The van der Waals surface area contributed by atoms with Gasteiger partial charge in [0.05, 0.1) is 0 Å². The van der Waals surface area contributed by atoms with Crippen molar-refractivity contribution < 1.29 is 33.3 Å². The van der Waals surface area contributed by atoms with E-state index in [0.717, 1.165) is 26.8 Å². The predicted octanol–water partition coefficient (Wildman–Crippen LogP) is -1.56. The summed E-state index contributed by atoms with van der Waals surface area (Å²) in [7, 11) is 0. The van der Waals surface area contributed by atoms with Crippen LogP contribution in [0.25, 0.3) is 0 Å². The monoisotopic (exact) mass is 385 g/mol. The van der Waals surface area contributed by atoms with Gasteiger partial charge in [-0.3, -0.25) is 24.2 Å². The molecule has 1 aliphatic heterocycles. The Kier molecular flexibility index (Phi) is 6.00. The molecule has 1 aromatic heterocycles. The van der Waals surface area contributed by atoms with Crippen molar-refractivity contribution in [2.45, 2.75) is 45.3 Å². The molecule has 0 aromatic carbocycles. The molecule has 27 heavy (non-hydrogen) atoms. The normalized spacial score (nSPS) is 24.3. The number of hydrogen-bond donors (Lipinski definition) is 2. The van der Waals surface area contributed by atoms with E-state index in [2.05, 4.69) is 4.98 Å². The number of esters is 3. The van der Waals surface area contributed by atoms with Crippen LogP contribution in [-0.2, 0) is 33.3 Å². The second-order valence-electron chi connectivity index (χ2n) is 5.75. The van der Waals surface area contributed by atoms with E-state index >= 15 is 0 Å². The van der Waals surface area contributed by atoms with Crippen molar-refractivity contribution in [3.63, 3.8) is 0 Å². The number of aromatic nitrogens is 2. The summed E-state index contributed by atoms with van der Waals surface area (Å²) in [5.41, 5.74) is 3.68. The molecule has 0 saturated carbocycles. The summed E-state index contributed by atoms with van der Waals surface area (Å²) in [6.07, 6.45) is -5.08. The Hall–Kier alpha value is -3.15. The first kappa shape index (κ1) is 20.2. The maximum atomic E-state index is 12.2. The molecule has 0 spiro atoms. The molecule has 3 N–H and O–H groups in total. The second kappa shape index (κ2) is 8.03. The molecular formula is C15H19N3O9. The van der Waals surface area contributed by atoms with Crippen molar-refractivity contribution in [2.75, 3.05) is 12.3 Å². The summed E-state index contributed by atoms with van der Waals surface area (Å²) in [6.45, 7) is 3.01. The first-order valence-corrected chi connectivity index (χ1v) is 7.84. The van der Waals surface area contributed by atoms with E-state index in [4.69, 9.17) is 24.7 Å². The molecule has 12 heteroatoms. The number of nitrogens with one attached hydrogen (secondary N) is 1. The lowest BCUT2D eigenvalue weighted by Crippen LogP contribution is -2.45. The van der Waals surface area contributed by atoms with Crippen LogP contribution in [0.1, 0.15) is 27.0 Å². The first-order valence-electron chi connectivity index (χ1n) is 7.84. The standard InChI is InChI=1S/C15H19N3O9/c1-6(19)24-5-9-12(25-7(2)20)13(26-8(3)21)14(27-9)18-11(22)4-10(16)17-15(18)23/h4,9,12-14H,5,16H2,1-3H3,(H,17,23)/t9-,12-,13?,14-/m1/s1. The Balaban J connectivity index is 2.49. The summed E-state index contributed by atoms with van der Waals surface area (Å²) >= 11 is 0. The molecular weight excluding hydrogens is 366 g/mol. The van der Waals surface area contributed by atoms with Gasteiger partial charge in [-0.15, -0.1) is 0 Å². The fraction of sp³-hybridized carbons (Fsp3) is 0.533. The quantitative estimate of drug-likeness (QED) is 0.446. The predicted molar refractivity (Wildman–Crippen MR) is 87.4 cm³/mol. The molecule has 12 nitrogen and oxygen atoms in total. The van der Waals surface area contributed by atoms with Gasteiger partial charge in [0.15, 0.2) is 18.4 Å². The SMILES string of the molecule is CC(=O)OC[C@H]1O[C@@H](n2c(=O)cc(N)[nH]c2=O)C(OC(C)=O)[C@@H]1OC(C)=O. The minimum Gasteiger partial charge on any atom is -0.463 e. The van der Waals surface area contributed by atoms with E-state index in [0.29, 0.717) is 4.57 Å². The van der Waals surface area contributed by atoms with Crippen LogP contribution in [0.4, 0.5) is 5.82 Å². The minimum atomic E-state index is -1.43. The fourth-order valence-corrected chi connectivity index (χ4v) is 2.66. The molecule has 0 bridgehead atoms. The Morgan fingerprint density at radius 1 is 1.11 bits per heavy atom. The highest BCUT2D eigenvalue weighted by Crippen LogP contribution is 2.33. The molecule has 1 saturated heterocycles. The van der Waals surface area contributed by atoms with Gasteiger partial charge in [0, 0.05) is 26.8 Å². The summed E-state index contributed by atoms with van der Waals surface area (Å²) in [6, 6.07) is 0.940. The van der Waals surface area contributed by atoms with Crippen molar-refractivity contribution in [1.29, 1.82) is 0 Å². The Bertz CT molecular complexity index is 828. The van der Waals surface area contributed by atoms with Crippen LogP contribution in [0.5, 0.6) is 0 Å². The summed E-state index contributed by atoms with van der Waals surface area (Å²) in [4.78, 5) is 60.7. The number of hydrogen-bond acceptors (Lipinski definition) is 10. The van der Waals surface area contributed by atoms with Crippen molar-refractivity contribution >= 4 is 23.7 Å². The highest BCUT2D eigenvalue weighted by atomic mass is 16.7. The van der Waals surface area contributed by atoms with Crippen LogP contribution in [0.15, 0.2) is 15.7 Å². The van der Waals surface area contributed by atoms with Crippen LogP contribution in [0.2, 0.25) is 0 Å². The van der Waals surface area contributed by atoms with E-state index in [1.807, 2.05) is 0 Å². The molecule has 0 amide bonds. The molecule has 1 unspecified atom stereocenters. The summed E-state index contributed by atoms with van der Waals surface area (Å²) in [5, 5.41) is 0. The van der Waals surface area contributed by atoms with Gasteiger partial charge in [0.25, 0.3) is 5.56 Å². The van der Waals surface area contributed by atoms with Gasteiger partial charge in [0.1, 0.15) is 18.5 Å². The Morgan fingerprint density at radius 3 is 2.22 bits per heavy atom. The van der Waals surface area contributed by atoms with Crippen LogP contribution < -0.4 is 17.0 Å². The lowest BCUT2D eigenvalue weighted by molar-refractivity contribution is -0.166. The average Bonchev–Trinajstić information content (AvgIpc) is 2.81. The molecule has 2 heterocycles. The van der Waals surface area contributed by atoms with Gasteiger partial charge >= 0.3 is 23.6 Å². The molecule has 2 rings (SSSR count). The molecule has 0 radical (unpaired) electrons. The number of nitrogen functional groups attached to an aromatic ring is 1. The lowest BCUT2D eigenvalue weighted by Gasteiger charge is -2.23. The highest BCUT2D eigenvalue weighted by molar-refractivity contribution is 5.68. The van der Waals surface area contributed by atoms with Crippen molar-refractivity contribution in [3.8, 4) is 0 Å². The number of aromatic amines is 1. The van der Waals surface area contributed by atoms with Gasteiger partial charge in [-0.25, -0.2) is 9.36 Å². The zero-order valence-electron chi connectivity index (χ0n) is 14.8. The molecule has 1 aliphatic rings. The van der Waals surface area contributed by atoms with Crippen LogP contribution in [0.3, 0.4) is 0 Å². The summed E-state index contributed by atoms with van der Waals surface area (Å²) < 4.78 is 21.4. The number of H-pyrrole nitrogens is 1. The number of rotatable bonds is 5. The van der Waals surface area contributed by atoms with Crippen molar-refractivity contribution in [1.82, 2.24) is 9.55 Å². The fourth-order valence-electron chi connectivity index (χ4n) is 2.66. The smallest absolute Gasteiger partial charge is 0.332 e. The lowest BCUT2D eigenvalue weighted by atomic mass is 10.1. The largest absolute Gasteiger partial charge is 0.463 e. The van der Waals surface area contributed by atoms with Crippen LogP contribution in [0, 0.1) is 0 Å². The molecule has 148 valence electrons. The van der Waals surface area contributed by atoms with Gasteiger partial charge in [0.2, 0.25) is 0 Å². The van der Waals surface area contributed by atoms with Gasteiger partial charge < -0.3 is 24.7 Å². The zero-order chi connectivity index (χ0) is 20.3. The number of anilines is 1. The minimum absolute atomic E-state index is 0.170. The average molecular weight is 385 g/mol. The van der Waals surface area contributed by atoms with Crippen molar-refractivity contribution in [2.24, 2.45) is 0 Å². The third-order valence-electron chi connectivity index (χ3n) is 3.58. The summed E-state index contributed by atoms with van der Waals surface area (Å²) in [5.74, 6) is -2.29. The van der Waals surface area contributed by atoms with Gasteiger partial charge in [-0.2, -0.15) is 0 Å². The number of nitrogens with two attached hydrogens (primary N) is 1. The van der Waals surface area contributed by atoms with Crippen LogP contribution >= 0.6 is 0 Å². The highest BCUT2D eigenvalue weighted by Gasteiger charge is 2.51. The van der Waals surface area contributed by atoms with E-state index in [-0.39, 0.29) is 12.4 Å².